The molecule has 1 aromatic rings. The number of thiophene rings is 1. The van der Waals surface area contributed by atoms with Crippen LogP contribution >= 0.6 is 23.1 Å². The molecule has 8 nitrogen and oxygen atoms in total. The highest BCUT2D eigenvalue weighted by atomic mass is 32.2. The van der Waals surface area contributed by atoms with Crippen molar-refractivity contribution in [1.82, 2.24) is 4.90 Å². The van der Waals surface area contributed by atoms with Gasteiger partial charge in [0.15, 0.2) is 5.17 Å². The molecule has 1 aromatic heterocycles. The number of esters is 1. The van der Waals surface area contributed by atoms with Gasteiger partial charge in [0.2, 0.25) is 5.91 Å². The summed E-state index contributed by atoms with van der Waals surface area (Å²) >= 11 is 2.63. The number of rotatable bonds is 4. The summed E-state index contributed by atoms with van der Waals surface area (Å²) in [4.78, 5) is 43.7. The Morgan fingerprint density at radius 1 is 1.33 bits per heavy atom. The number of morpholine rings is 1. The largest absolute Gasteiger partial charge is 0.465 e. The Morgan fingerprint density at radius 3 is 2.70 bits per heavy atom. The zero-order valence-electron chi connectivity index (χ0n) is 15.4. The van der Waals surface area contributed by atoms with Gasteiger partial charge < -0.3 is 19.7 Å². The normalized spacial score (nSPS) is 19.8. The molecule has 1 saturated heterocycles. The number of methoxy groups -OCH3 is 1. The molecule has 2 aliphatic heterocycles. The first-order valence-electron chi connectivity index (χ1n) is 8.50. The number of carbonyl (C=O) groups is 3. The van der Waals surface area contributed by atoms with E-state index in [2.05, 4.69) is 10.3 Å². The molecular formula is C17H21N3O5S2. The number of amides is 2. The second-order valence-corrected chi connectivity index (χ2v) is 8.56. The van der Waals surface area contributed by atoms with Crippen LogP contribution in [0.4, 0.5) is 5.00 Å². The lowest BCUT2D eigenvalue weighted by Crippen LogP contribution is -2.39. The predicted molar refractivity (Wildman–Crippen MR) is 105 cm³/mol. The van der Waals surface area contributed by atoms with Crippen LogP contribution in [0.15, 0.2) is 4.99 Å². The van der Waals surface area contributed by atoms with E-state index >= 15 is 0 Å². The van der Waals surface area contributed by atoms with Crippen LogP contribution < -0.4 is 5.32 Å². The average molecular weight is 412 g/mol. The van der Waals surface area contributed by atoms with E-state index < -0.39 is 11.2 Å². The Labute approximate surface area is 165 Å². The lowest BCUT2D eigenvalue weighted by atomic mass is 10.1. The summed E-state index contributed by atoms with van der Waals surface area (Å²) in [5.41, 5.74) is 1.15. The van der Waals surface area contributed by atoms with Crippen molar-refractivity contribution in [2.24, 2.45) is 4.99 Å². The van der Waals surface area contributed by atoms with Gasteiger partial charge in [-0.2, -0.15) is 4.99 Å². The summed E-state index contributed by atoms with van der Waals surface area (Å²) in [6.45, 7) is 6.27. The first-order chi connectivity index (χ1) is 12.9. The molecule has 1 fully saturated rings. The number of hydrogen-bond acceptors (Lipinski definition) is 8. The van der Waals surface area contributed by atoms with Gasteiger partial charge in [0.1, 0.15) is 10.3 Å². The van der Waals surface area contributed by atoms with E-state index in [-0.39, 0.29) is 18.2 Å². The van der Waals surface area contributed by atoms with Crippen LogP contribution in [-0.4, -0.2) is 66.5 Å². The van der Waals surface area contributed by atoms with Gasteiger partial charge in [-0.15, -0.1) is 11.3 Å². The highest BCUT2D eigenvalue weighted by Gasteiger charge is 2.34. The van der Waals surface area contributed by atoms with Gasteiger partial charge in [-0.1, -0.05) is 11.8 Å². The number of nitrogens with one attached hydrogen (secondary N) is 1. The smallest absolute Gasteiger partial charge is 0.341 e. The Hall–Kier alpha value is -1.91. The maximum Gasteiger partial charge on any atom is 0.341 e. The highest BCUT2D eigenvalue weighted by Crippen LogP contribution is 2.34. The zero-order chi connectivity index (χ0) is 19.6. The second kappa shape index (κ2) is 8.41. The van der Waals surface area contributed by atoms with Crippen molar-refractivity contribution in [1.29, 1.82) is 0 Å². The van der Waals surface area contributed by atoms with Crippen molar-refractivity contribution < 1.29 is 23.9 Å². The molecule has 0 unspecified atom stereocenters. The number of carbonyl (C=O) groups excluding carboxylic acids is 3. The topological polar surface area (TPSA) is 97.3 Å². The van der Waals surface area contributed by atoms with E-state index in [9.17, 15) is 14.4 Å². The van der Waals surface area contributed by atoms with Gasteiger partial charge in [0.25, 0.3) is 5.91 Å². The van der Waals surface area contributed by atoms with Crippen molar-refractivity contribution in [2.75, 3.05) is 38.7 Å². The second-order valence-electron chi connectivity index (χ2n) is 6.17. The lowest BCUT2D eigenvalue weighted by molar-refractivity contribution is -0.121. The number of aryl methyl sites for hydroxylation is 1. The third-order valence-corrected chi connectivity index (χ3v) is 6.74. The molecule has 0 aliphatic carbocycles. The van der Waals surface area contributed by atoms with Gasteiger partial charge in [0, 0.05) is 24.4 Å². The monoisotopic (exact) mass is 411 g/mol. The maximum atomic E-state index is 12.5. The van der Waals surface area contributed by atoms with Crippen LogP contribution in [0.1, 0.15) is 27.2 Å². The highest BCUT2D eigenvalue weighted by molar-refractivity contribution is 8.15. The fourth-order valence-electron chi connectivity index (χ4n) is 2.81. The van der Waals surface area contributed by atoms with E-state index in [4.69, 9.17) is 9.47 Å². The summed E-state index contributed by atoms with van der Waals surface area (Å²) in [6.07, 6.45) is -0.00253. The molecule has 3 heterocycles. The number of hydrogen-bond donors (Lipinski definition) is 1. The van der Waals surface area contributed by atoms with Crippen molar-refractivity contribution in [3.63, 3.8) is 0 Å². The molecule has 0 radical (unpaired) electrons. The van der Waals surface area contributed by atoms with E-state index in [0.717, 1.165) is 10.4 Å². The molecule has 1 atom stereocenters. The molecular weight excluding hydrogens is 390 g/mol. The fraction of sp³-hybridized carbons (Fsp3) is 0.529. The lowest BCUT2D eigenvalue weighted by Gasteiger charge is -2.27. The molecule has 10 heteroatoms. The SMILES string of the molecule is COC(=O)c1c(NC(=O)C[C@H]2SC(N3CCOCC3)=NC2=O)sc(C)c1C. The fourth-order valence-corrected chi connectivity index (χ4v) is 4.99. The Balaban J connectivity index is 1.63. The number of thioether (sulfide) groups is 1. The molecule has 0 bridgehead atoms. The number of nitrogens with zero attached hydrogens (tertiary/aromatic N) is 2. The van der Waals surface area contributed by atoms with Crippen LogP contribution in [0.3, 0.4) is 0 Å². The van der Waals surface area contributed by atoms with Gasteiger partial charge in [-0.25, -0.2) is 4.79 Å². The van der Waals surface area contributed by atoms with Gasteiger partial charge in [-0.3, -0.25) is 9.59 Å². The third kappa shape index (κ3) is 4.33. The molecule has 0 spiro atoms. The molecule has 2 amide bonds. The summed E-state index contributed by atoms with van der Waals surface area (Å²) < 4.78 is 10.1. The van der Waals surface area contributed by atoms with Crippen LogP contribution in [0.2, 0.25) is 0 Å². The summed E-state index contributed by atoms with van der Waals surface area (Å²) in [5, 5.41) is 3.31. The minimum Gasteiger partial charge on any atom is -0.465 e. The molecule has 0 aromatic carbocycles. The molecule has 27 heavy (non-hydrogen) atoms. The summed E-state index contributed by atoms with van der Waals surface area (Å²) in [6, 6.07) is 0. The summed E-state index contributed by atoms with van der Waals surface area (Å²) in [7, 11) is 1.30. The van der Waals surface area contributed by atoms with Crippen molar-refractivity contribution in [2.45, 2.75) is 25.5 Å². The van der Waals surface area contributed by atoms with Crippen LogP contribution in [0.5, 0.6) is 0 Å². The van der Waals surface area contributed by atoms with Crippen molar-refractivity contribution in [3.05, 3.63) is 16.0 Å². The minimum absolute atomic E-state index is 0.00253. The number of ether oxygens (including phenoxy) is 2. The standard InChI is InChI=1S/C17H21N3O5S2/c1-9-10(2)26-15(13(9)16(23)24-3)18-12(21)8-11-14(22)19-17(27-11)20-4-6-25-7-5-20/h11H,4-8H2,1-3H3,(H,18,21)/t11-/m1/s1. The molecule has 2 aliphatic rings. The quantitative estimate of drug-likeness (QED) is 0.755. The van der Waals surface area contributed by atoms with Gasteiger partial charge >= 0.3 is 5.97 Å². The Bertz CT molecular complexity index is 799. The van der Waals surface area contributed by atoms with Crippen LogP contribution in [-0.2, 0) is 19.1 Å². The Morgan fingerprint density at radius 2 is 2.04 bits per heavy atom. The predicted octanol–water partition coefficient (Wildman–Crippen LogP) is 1.81. The first-order valence-corrected chi connectivity index (χ1v) is 10.2. The van der Waals surface area contributed by atoms with Crippen molar-refractivity contribution >= 4 is 51.1 Å². The van der Waals surface area contributed by atoms with E-state index in [1.165, 1.54) is 30.2 Å². The molecule has 1 N–H and O–H groups in total. The van der Waals surface area contributed by atoms with Gasteiger partial charge in [0.05, 0.1) is 25.9 Å². The zero-order valence-corrected chi connectivity index (χ0v) is 17.0. The molecule has 3 rings (SSSR count). The molecule has 146 valence electrons. The summed E-state index contributed by atoms with van der Waals surface area (Å²) in [5.74, 6) is -1.12. The maximum absolute atomic E-state index is 12.5. The number of aliphatic imine (C=N–C) groups is 1. The number of amidine groups is 1. The van der Waals surface area contributed by atoms with Crippen molar-refractivity contribution in [3.8, 4) is 0 Å². The van der Waals surface area contributed by atoms with E-state index in [1.807, 2.05) is 18.7 Å². The third-order valence-electron chi connectivity index (χ3n) is 4.41. The minimum atomic E-state index is -0.549. The van der Waals surface area contributed by atoms with Crippen LogP contribution in [0, 0.1) is 13.8 Å². The first kappa shape index (κ1) is 19.8. The Kier molecular flexibility index (Phi) is 6.18. The average Bonchev–Trinajstić information content (AvgIpc) is 3.15. The van der Waals surface area contributed by atoms with E-state index in [1.54, 1.807) is 0 Å². The molecule has 0 saturated carbocycles. The van der Waals surface area contributed by atoms with Gasteiger partial charge in [-0.05, 0) is 19.4 Å². The van der Waals surface area contributed by atoms with E-state index in [0.29, 0.717) is 42.0 Å². The number of anilines is 1. The van der Waals surface area contributed by atoms with Crippen LogP contribution in [0.25, 0.3) is 0 Å².